The van der Waals surface area contributed by atoms with Gasteiger partial charge in [-0.1, -0.05) is 18.2 Å². The summed E-state index contributed by atoms with van der Waals surface area (Å²) in [5.41, 5.74) is 6.47. The van der Waals surface area contributed by atoms with Gasteiger partial charge in [0.15, 0.2) is 0 Å². The van der Waals surface area contributed by atoms with Crippen LogP contribution in [0.1, 0.15) is 16.1 Å². The molecule has 0 unspecified atom stereocenters. The lowest BCUT2D eigenvalue weighted by atomic mass is 10.2. The molecule has 1 aromatic carbocycles. The van der Waals surface area contributed by atoms with E-state index in [0.29, 0.717) is 19.6 Å². The zero-order valence-corrected chi connectivity index (χ0v) is 12.8. The molecule has 0 saturated heterocycles. The van der Waals surface area contributed by atoms with Gasteiger partial charge in [0.25, 0.3) is 5.91 Å². The summed E-state index contributed by atoms with van der Waals surface area (Å²) < 4.78 is 9.62. The number of hydrogen-bond acceptors (Lipinski definition) is 7. The standard InChI is InChI=1S/C13H17N5O3.ClH/c1-20-10-5-3-2-4-9(10)8-15-6-7-16-13(19)11-12(14)18-21-17-11;/h2-5,15H,6-8H2,1H3,(H2,14,18)(H,16,19);1H/p-1. The normalized spacial score (nSPS) is 9.86. The third-order valence-corrected chi connectivity index (χ3v) is 2.82. The second-order valence-electron chi connectivity index (χ2n) is 4.24. The number of benzene rings is 1. The van der Waals surface area contributed by atoms with Gasteiger partial charge in [0.1, 0.15) is 5.75 Å². The molecule has 2 aromatic rings. The highest BCUT2D eigenvalue weighted by Crippen LogP contribution is 2.16. The minimum Gasteiger partial charge on any atom is -1.00 e. The average molecular weight is 327 g/mol. The van der Waals surface area contributed by atoms with Gasteiger partial charge in [-0.15, -0.1) is 0 Å². The van der Waals surface area contributed by atoms with Crippen molar-refractivity contribution in [1.82, 2.24) is 20.9 Å². The Labute approximate surface area is 133 Å². The van der Waals surface area contributed by atoms with E-state index in [-0.39, 0.29) is 23.9 Å². The third-order valence-electron chi connectivity index (χ3n) is 2.82. The number of nitrogen functional groups attached to an aromatic ring is 1. The van der Waals surface area contributed by atoms with E-state index in [0.717, 1.165) is 11.3 Å². The van der Waals surface area contributed by atoms with Crippen LogP contribution in [-0.4, -0.2) is 36.4 Å². The van der Waals surface area contributed by atoms with Crippen molar-refractivity contribution in [2.75, 3.05) is 25.9 Å². The Morgan fingerprint density at radius 2 is 2.09 bits per heavy atom. The molecular formula is C13H17ClN5O3-. The summed E-state index contributed by atoms with van der Waals surface area (Å²) in [4.78, 5) is 11.7. The molecule has 0 atom stereocenters. The second-order valence-corrected chi connectivity index (χ2v) is 4.24. The van der Waals surface area contributed by atoms with Gasteiger partial charge in [0.05, 0.1) is 7.11 Å². The molecule has 0 aliphatic carbocycles. The molecule has 4 N–H and O–H groups in total. The zero-order valence-electron chi connectivity index (χ0n) is 12.0. The van der Waals surface area contributed by atoms with Crippen molar-refractivity contribution >= 4 is 11.7 Å². The van der Waals surface area contributed by atoms with E-state index in [2.05, 4.69) is 25.6 Å². The molecule has 0 bridgehead atoms. The summed E-state index contributed by atoms with van der Waals surface area (Å²) in [5, 5.41) is 12.6. The van der Waals surface area contributed by atoms with E-state index in [1.165, 1.54) is 0 Å². The van der Waals surface area contributed by atoms with Crippen LogP contribution >= 0.6 is 0 Å². The fraction of sp³-hybridized carbons (Fsp3) is 0.308. The Balaban J connectivity index is 0.00000242. The molecule has 0 aliphatic heterocycles. The quantitative estimate of drug-likeness (QED) is 0.470. The molecule has 0 aliphatic rings. The number of rotatable bonds is 7. The van der Waals surface area contributed by atoms with Crippen molar-refractivity contribution in [3.63, 3.8) is 0 Å². The molecule has 8 nitrogen and oxygen atoms in total. The van der Waals surface area contributed by atoms with Crippen LogP contribution in [0, 0.1) is 0 Å². The summed E-state index contributed by atoms with van der Waals surface area (Å²) in [6.07, 6.45) is 0. The van der Waals surface area contributed by atoms with Crippen molar-refractivity contribution in [2.24, 2.45) is 0 Å². The van der Waals surface area contributed by atoms with Gasteiger partial charge < -0.3 is 33.5 Å². The topological polar surface area (TPSA) is 115 Å². The number of aromatic nitrogens is 2. The van der Waals surface area contributed by atoms with Crippen LogP contribution < -0.4 is 33.5 Å². The number of anilines is 1. The van der Waals surface area contributed by atoms with Crippen LogP contribution in [0.4, 0.5) is 5.82 Å². The summed E-state index contributed by atoms with van der Waals surface area (Å²) in [5.74, 6) is 0.401. The molecule has 0 saturated carbocycles. The number of methoxy groups -OCH3 is 1. The van der Waals surface area contributed by atoms with Gasteiger partial charge in [-0.05, 0) is 16.4 Å². The first-order valence-corrected chi connectivity index (χ1v) is 6.41. The largest absolute Gasteiger partial charge is 1.00 e. The smallest absolute Gasteiger partial charge is 0.277 e. The molecule has 0 radical (unpaired) electrons. The predicted molar refractivity (Wildman–Crippen MR) is 75.7 cm³/mol. The Morgan fingerprint density at radius 1 is 1.32 bits per heavy atom. The van der Waals surface area contributed by atoms with E-state index >= 15 is 0 Å². The minimum atomic E-state index is -0.409. The van der Waals surface area contributed by atoms with E-state index in [1.807, 2.05) is 24.3 Å². The number of para-hydroxylation sites is 1. The number of amides is 1. The monoisotopic (exact) mass is 326 g/mol. The lowest BCUT2D eigenvalue weighted by Crippen LogP contribution is -3.00. The maximum absolute atomic E-state index is 11.7. The molecule has 1 heterocycles. The lowest BCUT2D eigenvalue weighted by molar-refractivity contribution is -0.0000135. The Morgan fingerprint density at radius 3 is 2.77 bits per heavy atom. The summed E-state index contributed by atoms with van der Waals surface area (Å²) >= 11 is 0. The van der Waals surface area contributed by atoms with Gasteiger partial charge >= 0.3 is 0 Å². The molecule has 22 heavy (non-hydrogen) atoms. The van der Waals surface area contributed by atoms with Gasteiger partial charge in [-0.25, -0.2) is 4.63 Å². The third kappa shape index (κ3) is 4.61. The molecule has 0 spiro atoms. The SMILES string of the molecule is COc1ccccc1CNCCNC(=O)c1nonc1N.[Cl-]. The highest BCUT2D eigenvalue weighted by Gasteiger charge is 2.14. The highest BCUT2D eigenvalue weighted by atomic mass is 35.5. The number of hydrogen-bond donors (Lipinski definition) is 3. The number of nitrogens with two attached hydrogens (primary N) is 1. The van der Waals surface area contributed by atoms with Gasteiger partial charge in [-0.2, -0.15) is 0 Å². The first kappa shape index (κ1) is 17.7. The predicted octanol–water partition coefficient (Wildman–Crippen LogP) is -2.82. The van der Waals surface area contributed by atoms with Crippen molar-refractivity contribution in [3.8, 4) is 5.75 Å². The molecule has 120 valence electrons. The Kier molecular flexibility index (Phi) is 7.14. The van der Waals surface area contributed by atoms with Gasteiger partial charge in [0, 0.05) is 25.2 Å². The van der Waals surface area contributed by atoms with E-state index in [9.17, 15) is 4.79 Å². The maximum atomic E-state index is 11.7. The Bertz CT molecular complexity index is 605. The number of nitrogens with one attached hydrogen (secondary N) is 2. The first-order valence-electron chi connectivity index (χ1n) is 6.41. The molecule has 9 heteroatoms. The van der Waals surface area contributed by atoms with Crippen molar-refractivity contribution < 1.29 is 26.6 Å². The number of carbonyl (C=O) groups is 1. The summed E-state index contributed by atoms with van der Waals surface area (Å²) in [6, 6.07) is 7.74. The summed E-state index contributed by atoms with van der Waals surface area (Å²) in [6.45, 7) is 1.67. The van der Waals surface area contributed by atoms with E-state index in [4.69, 9.17) is 10.5 Å². The highest BCUT2D eigenvalue weighted by molar-refractivity contribution is 5.95. The van der Waals surface area contributed by atoms with Crippen LogP contribution in [0.5, 0.6) is 5.75 Å². The maximum Gasteiger partial charge on any atom is 0.277 e. The van der Waals surface area contributed by atoms with Crippen LogP contribution in [0.15, 0.2) is 28.9 Å². The number of ether oxygens (including phenoxy) is 1. The molecule has 2 rings (SSSR count). The van der Waals surface area contributed by atoms with Crippen molar-refractivity contribution in [2.45, 2.75) is 6.54 Å². The lowest BCUT2D eigenvalue weighted by Gasteiger charge is -2.09. The summed E-state index contributed by atoms with van der Waals surface area (Å²) in [7, 11) is 1.63. The zero-order chi connectivity index (χ0) is 15.1. The molecule has 1 amide bonds. The average Bonchev–Trinajstić information content (AvgIpc) is 2.93. The fourth-order valence-electron chi connectivity index (χ4n) is 1.77. The fourth-order valence-corrected chi connectivity index (χ4v) is 1.77. The second kappa shape index (κ2) is 8.85. The van der Waals surface area contributed by atoms with Crippen LogP contribution in [0.2, 0.25) is 0 Å². The van der Waals surface area contributed by atoms with Crippen molar-refractivity contribution in [1.29, 1.82) is 0 Å². The minimum absolute atomic E-state index is 0. The first-order chi connectivity index (χ1) is 10.2. The Hall–Kier alpha value is -2.32. The van der Waals surface area contributed by atoms with Gasteiger partial charge in [-0.3, -0.25) is 4.79 Å². The molecular weight excluding hydrogens is 310 g/mol. The van der Waals surface area contributed by atoms with Crippen LogP contribution in [0.25, 0.3) is 0 Å². The number of nitrogens with zero attached hydrogens (tertiary/aromatic N) is 2. The number of carbonyl (C=O) groups excluding carboxylic acids is 1. The van der Waals surface area contributed by atoms with Gasteiger partial charge in [0.2, 0.25) is 11.5 Å². The number of halogens is 1. The van der Waals surface area contributed by atoms with Crippen LogP contribution in [-0.2, 0) is 6.54 Å². The van der Waals surface area contributed by atoms with E-state index in [1.54, 1.807) is 7.11 Å². The molecule has 0 fully saturated rings. The van der Waals surface area contributed by atoms with E-state index < -0.39 is 5.91 Å². The van der Waals surface area contributed by atoms with Crippen LogP contribution in [0.3, 0.4) is 0 Å². The van der Waals surface area contributed by atoms with Crippen molar-refractivity contribution in [3.05, 3.63) is 35.5 Å². The molecule has 1 aromatic heterocycles.